The molecule has 2 saturated heterocycles. The summed E-state index contributed by atoms with van der Waals surface area (Å²) in [5.74, 6) is 1.29. The molecule has 2 heterocycles. The molecule has 3 nitrogen and oxygen atoms in total. The van der Waals surface area contributed by atoms with E-state index in [-0.39, 0.29) is 0 Å². The molecule has 4 heteroatoms. The molecule has 2 fully saturated rings. The van der Waals surface area contributed by atoms with Crippen LogP contribution < -0.4 is 10.6 Å². The summed E-state index contributed by atoms with van der Waals surface area (Å²) in [5.41, 5.74) is 0. The SMILES string of the molecule is CN1CNCNC2SCC21. The first-order chi connectivity index (χ1) is 4.88. The normalized spacial score (nSPS) is 41.7. The topological polar surface area (TPSA) is 27.3 Å². The Morgan fingerprint density at radius 3 is 3.20 bits per heavy atom. The van der Waals surface area contributed by atoms with Gasteiger partial charge in [-0.2, -0.15) is 0 Å². The lowest BCUT2D eigenvalue weighted by Crippen LogP contribution is -2.53. The summed E-state index contributed by atoms with van der Waals surface area (Å²) in [5, 5.41) is 7.40. The van der Waals surface area contributed by atoms with Gasteiger partial charge in [0.1, 0.15) is 0 Å². The van der Waals surface area contributed by atoms with Crippen LogP contribution in [0.1, 0.15) is 0 Å². The molecule has 2 aliphatic rings. The maximum Gasteiger partial charge on any atom is 0.0708 e. The molecular weight excluding hydrogens is 146 g/mol. The highest BCUT2D eigenvalue weighted by Crippen LogP contribution is 2.29. The van der Waals surface area contributed by atoms with Crippen molar-refractivity contribution in [3.63, 3.8) is 0 Å². The Balaban J connectivity index is 1.98. The van der Waals surface area contributed by atoms with Crippen LogP contribution in [0.25, 0.3) is 0 Å². The Labute approximate surface area is 65.5 Å². The lowest BCUT2D eigenvalue weighted by molar-refractivity contribution is 0.247. The Morgan fingerprint density at radius 1 is 1.60 bits per heavy atom. The number of nitrogens with zero attached hydrogens (tertiary/aromatic N) is 1. The van der Waals surface area contributed by atoms with E-state index < -0.39 is 0 Å². The van der Waals surface area contributed by atoms with Crippen LogP contribution in [0, 0.1) is 0 Å². The van der Waals surface area contributed by atoms with Gasteiger partial charge in [0.2, 0.25) is 0 Å². The highest BCUT2D eigenvalue weighted by molar-refractivity contribution is 8.01. The van der Waals surface area contributed by atoms with E-state index in [2.05, 4.69) is 22.6 Å². The molecule has 0 aliphatic carbocycles. The first kappa shape index (κ1) is 6.91. The van der Waals surface area contributed by atoms with Crippen molar-refractivity contribution in [3.05, 3.63) is 0 Å². The molecule has 0 amide bonds. The van der Waals surface area contributed by atoms with Crippen LogP contribution in [0.4, 0.5) is 0 Å². The minimum atomic E-state index is 0.681. The summed E-state index contributed by atoms with van der Waals surface area (Å²) in [6, 6.07) is 0.764. The molecule has 0 aromatic heterocycles. The van der Waals surface area contributed by atoms with Crippen LogP contribution in [0.3, 0.4) is 0 Å². The van der Waals surface area contributed by atoms with Gasteiger partial charge in [0.25, 0.3) is 0 Å². The van der Waals surface area contributed by atoms with Crippen LogP contribution in [0.5, 0.6) is 0 Å². The van der Waals surface area contributed by atoms with Crippen molar-refractivity contribution in [1.82, 2.24) is 15.5 Å². The van der Waals surface area contributed by atoms with Crippen molar-refractivity contribution >= 4 is 11.8 Å². The number of likely N-dealkylation sites (N-methyl/N-ethyl adjacent to an activating group) is 1. The lowest BCUT2D eigenvalue weighted by atomic mass is 10.3. The van der Waals surface area contributed by atoms with Crippen molar-refractivity contribution < 1.29 is 0 Å². The second kappa shape index (κ2) is 2.70. The summed E-state index contributed by atoms with van der Waals surface area (Å²) in [6.45, 7) is 1.98. The fraction of sp³-hybridized carbons (Fsp3) is 1.00. The number of hydrogen-bond donors (Lipinski definition) is 2. The predicted octanol–water partition coefficient (Wildman–Crippen LogP) is -0.532. The smallest absolute Gasteiger partial charge is 0.0708 e. The van der Waals surface area contributed by atoms with E-state index in [0.29, 0.717) is 5.37 Å². The van der Waals surface area contributed by atoms with Gasteiger partial charge in [-0.3, -0.25) is 15.5 Å². The average molecular weight is 159 g/mol. The zero-order valence-electron chi connectivity index (χ0n) is 6.13. The van der Waals surface area contributed by atoms with Crippen molar-refractivity contribution in [2.24, 2.45) is 0 Å². The number of hydrogen-bond acceptors (Lipinski definition) is 4. The average Bonchev–Trinajstić information content (AvgIpc) is 1.92. The molecule has 2 unspecified atom stereocenters. The molecule has 0 radical (unpaired) electrons. The third kappa shape index (κ3) is 1.05. The maximum absolute atomic E-state index is 3.42. The molecule has 0 aromatic rings. The third-order valence-corrected chi connectivity index (χ3v) is 3.53. The minimum absolute atomic E-state index is 0.681. The lowest BCUT2D eigenvalue weighted by Gasteiger charge is -2.39. The standard InChI is InChI=1S/C6H13N3S/c1-9-4-7-3-8-6-5(9)2-10-6/h5-8H,2-4H2,1H3. The van der Waals surface area contributed by atoms with Gasteiger partial charge < -0.3 is 0 Å². The van der Waals surface area contributed by atoms with Gasteiger partial charge in [-0.25, -0.2) is 0 Å². The molecule has 2 aliphatic heterocycles. The Hall–Kier alpha value is 0.230. The molecule has 2 atom stereocenters. The maximum atomic E-state index is 3.42. The van der Waals surface area contributed by atoms with Gasteiger partial charge in [-0.1, -0.05) is 0 Å². The van der Waals surface area contributed by atoms with Gasteiger partial charge in [-0.05, 0) is 7.05 Å². The molecule has 0 saturated carbocycles. The van der Waals surface area contributed by atoms with Crippen LogP contribution in [0.2, 0.25) is 0 Å². The Morgan fingerprint density at radius 2 is 2.50 bits per heavy atom. The highest BCUT2D eigenvalue weighted by atomic mass is 32.2. The minimum Gasteiger partial charge on any atom is -0.292 e. The van der Waals surface area contributed by atoms with Crippen LogP contribution in [-0.4, -0.2) is 42.5 Å². The van der Waals surface area contributed by atoms with E-state index in [1.54, 1.807) is 0 Å². The molecule has 0 spiro atoms. The third-order valence-electron chi connectivity index (χ3n) is 2.15. The summed E-state index contributed by atoms with van der Waals surface area (Å²) in [4.78, 5) is 2.38. The molecule has 2 rings (SSSR count). The second-order valence-electron chi connectivity index (χ2n) is 2.87. The molecule has 58 valence electrons. The first-order valence-corrected chi connectivity index (χ1v) is 4.69. The van der Waals surface area contributed by atoms with Crippen molar-refractivity contribution in [3.8, 4) is 0 Å². The number of fused-ring (bicyclic) bond motifs is 1. The van der Waals surface area contributed by atoms with Crippen molar-refractivity contribution in [2.45, 2.75) is 11.4 Å². The van der Waals surface area contributed by atoms with E-state index in [0.717, 1.165) is 19.4 Å². The Kier molecular flexibility index (Phi) is 1.86. The van der Waals surface area contributed by atoms with Gasteiger partial charge in [0.05, 0.1) is 5.37 Å². The molecule has 0 aromatic carbocycles. The van der Waals surface area contributed by atoms with E-state index in [4.69, 9.17) is 0 Å². The van der Waals surface area contributed by atoms with Gasteiger partial charge in [0, 0.05) is 25.1 Å². The van der Waals surface area contributed by atoms with Crippen LogP contribution >= 0.6 is 11.8 Å². The molecule has 0 bridgehead atoms. The zero-order chi connectivity index (χ0) is 6.97. The first-order valence-electron chi connectivity index (χ1n) is 3.64. The summed E-state index contributed by atoms with van der Waals surface area (Å²) in [7, 11) is 2.18. The summed E-state index contributed by atoms with van der Waals surface area (Å²) < 4.78 is 0. The van der Waals surface area contributed by atoms with Gasteiger partial charge in [-0.15, -0.1) is 11.8 Å². The van der Waals surface area contributed by atoms with E-state index in [9.17, 15) is 0 Å². The molecular formula is C6H13N3S. The van der Waals surface area contributed by atoms with E-state index >= 15 is 0 Å². The monoisotopic (exact) mass is 159 g/mol. The van der Waals surface area contributed by atoms with E-state index in [1.165, 1.54) is 5.75 Å². The quantitative estimate of drug-likeness (QED) is 0.497. The predicted molar refractivity (Wildman–Crippen MR) is 43.8 cm³/mol. The van der Waals surface area contributed by atoms with Gasteiger partial charge >= 0.3 is 0 Å². The highest BCUT2D eigenvalue weighted by Gasteiger charge is 2.35. The Bertz CT molecular complexity index is 122. The molecule has 10 heavy (non-hydrogen) atoms. The van der Waals surface area contributed by atoms with Crippen molar-refractivity contribution in [1.29, 1.82) is 0 Å². The van der Waals surface area contributed by atoms with Crippen LogP contribution in [-0.2, 0) is 0 Å². The fourth-order valence-corrected chi connectivity index (χ4v) is 2.57. The van der Waals surface area contributed by atoms with Crippen molar-refractivity contribution in [2.75, 3.05) is 26.1 Å². The summed E-state index contributed by atoms with van der Waals surface area (Å²) >= 11 is 2.01. The number of thioether (sulfide) groups is 1. The van der Waals surface area contributed by atoms with Crippen LogP contribution in [0.15, 0.2) is 0 Å². The van der Waals surface area contributed by atoms with Gasteiger partial charge in [0.15, 0.2) is 0 Å². The largest absolute Gasteiger partial charge is 0.292 e. The fourth-order valence-electron chi connectivity index (χ4n) is 1.35. The zero-order valence-corrected chi connectivity index (χ0v) is 6.95. The number of nitrogens with one attached hydrogen (secondary N) is 2. The second-order valence-corrected chi connectivity index (χ2v) is 4.04. The van der Waals surface area contributed by atoms with E-state index in [1.807, 2.05) is 11.8 Å². The summed E-state index contributed by atoms with van der Waals surface area (Å²) in [6.07, 6.45) is 0. The molecule has 2 N–H and O–H groups in total. The number of rotatable bonds is 0.